The minimum absolute atomic E-state index is 0.0581. The minimum atomic E-state index is -3.78. The van der Waals surface area contributed by atoms with Crippen LogP contribution in [0.5, 0.6) is 0 Å². The third-order valence-corrected chi connectivity index (χ3v) is 7.39. The van der Waals surface area contributed by atoms with E-state index in [2.05, 4.69) is 5.32 Å². The number of nitrogens with one attached hydrogen (secondary N) is 1. The summed E-state index contributed by atoms with van der Waals surface area (Å²) in [7, 11) is -3.78. The average Bonchev–Trinajstić information content (AvgIpc) is 2.76. The molecule has 0 aliphatic rings. The van der Waals surface area contributed by atoms with Gasteiger partial charge in [0.2, 0.25) is 21.8 Å². The number of sulfonamides is 1. The van der Waals surface area contributed by atoms with Gasteiger partial charge in [-0.1, -0.05) is 48.7 Å². The number of anilines is 1. The minimum Gasteiger partial charge on any atom is -0.354 e. The Hall–Kier alpha value is -2.29. The van der Waals surface area contributed by atoms with Crippen LogP contribution in [0.25, 0.3) is 0 Å². The van der Waals surface area contributed by atoms with Crippen LogP contribution >= 0.6 is 23.2 Å². The Balaban J connectivity index is 2.40. The van der Waals surface area contributed by atoms with Crippen molar-refractivity contribution in [2.24, 2.45) is 0 Å². The Labute approximate surface area is 218 Å². The maximum absolute atomic E-state index is 13.6. The van der Waals surface area contributed by atoms with Crippen LogP contribution in [0.3, 0.4) is 0 Å². The van der Waals surface area contributed by atoms with Crippen molar-refractivity contribution in [2.75, 3.05) is 23.7 Å². The number of halogens is 2. The second-order valence-corrected chi connectivity index (χ2v) is 11.4. The molecule has 0 fully saturated rings. The van der Waals surface area contributed by atoms with Crippen molar-refractivity contribution in [1.82, 2.24) is 10.2 Å². The molecule has 0 aliphatic heterocycles. The highest BCUT2D eigenvalue weighted by Crippen LogP contribution is 2.25. The second-order valence-electron chi connectivity index (χ2n) is 8.71. The average molecular weight is 543 g/mol. The topological polar surface area (TPSA) is 86.8 Å². The summed E-state index contributed by atoms with van der Waals surface area (Å²) < 4.78 is 26.4. The Morgan fingerprint density at radius 3 is 2.20 bits per heavy atom. The zero-order valence-corrected chi connectivity index (χ0v) is 23.1. The number of amides is 2. The normalized spacial score (nSPS) is 12.2. The van der Waals surface area contributed by atoms with E-state index in [1.165, 1.54) is 4.90 Å². The Morgan fingerprint density at radius 2 is 1.66 bits per heavy atom. The molecule has 2 aromatic rings. The fraction of sp³-hybridized carbons (Fsp3) is 0.440. The molecule has 2 amide bonds. The van der Waals surface area contributed by atoms with Crippen molar-refractivity contribution in [2.45, 2.75) is 53.1 Å². The van der Waals surface area contributed by atoms with E-state index in [0.29, 0.717) is 27.8 Å². The van der Waals surface area contributed by atoms with Crippen molar-refractivity contribution < 1.29 is 18.0 Å². The molecule has 0 radical (unpaired) electrons. The van der Waals surface area contributed by atoms with E-state index in [1.54, 1.807) is 37.3 Å². The SMILES string of the molecule is CCCCNC(=O)[C@H](C)N(Cc1ccc(Cl)c(Cl)c1)C(=O)CN(c1cc(C)cc(C)c1)S(C)(=O)=O. The van der Waals surface area contributed by atoms with E-state index in [9.17, 15) is 18.0 Å². The van der Waals surface area contributed by atoms with E-state index in [1.807, 2.05) is 26.8 Å². The first kappa shape index (κ1) is 28.9. The first-order chi connectivity index (χ1) is 16.3. The fourth-order valence-electron chi connectivity index (χ4n) is 3.66. The summed E-state index contributed by atoms with van der Waals surface area (Å²) in [4.78, 5) is 27.8. The van der Waals surface area contributed by atoms with Gasteiger partial charge in [0.15, 0.2) is 0 Å². The molecule has 1 atom stereocenters. The first-order valence-corrected chi connectivity index (χ1v) is 14.0. The summed E-state index contributed by atoms with van der Waals surface area (Å²) in [5.74, 6) is -0.831. The van der Waals surface area contributed by atoms with Crippen molar-refractivity contribution in [1.29, 1.82) is 0 Å². The zero-order chi connectivity index (χ0) is 26.3. The van der Waals surface area contributed by atoms with Crippen molar-refractivity contribution in [3.63, 3.8) is 0 Å². The summed E-state index contributed by atoms with van der Waals surface area (Å²) >= 11 is 12.2. The predicted octanol–water partition coefficient (Wildman–Crippen LogP) is 4.71. The Morgan fingerprint density at radius 1 is 1.03 bits per heavy atom. The van der Waals surface area contributed by atoms with Gasteiger partial charge in [0.05, 0.1) is 22.0 Å². The Bertz CT molecular complexity index is 1150. The number of hydrogen-bond donors (Lipinski definition) is 1. The summed E-state index contributed by atoms with van der Waals surface area (Å²) in [6.45, 7) is 7.46. The number of carbonyl (C=O) groups is 2. The van der Waals surface area contributed by atoms with Gasteiger partial charge in [0.25, 0.3) is 0 Å². The second kappa shape index (κ2) is 12.6. The Kier molecular flexibility index (Phi) is 10.4. The van der Waals surface area contributed by atoms with Gasteiger partial charge < -0.3 is 10.2 Å². The van der Waals surface area contributed by atoms with Crippen LogP contribution in [0.4, 0.5) is 5.69 Å². The largest absolute Gasteiger partial charge is 0.354 e. The van der Waals surface area contributed by atoms with Gasteiger partial charge in [-0.2, -0.15) is 0 Å². The molecule has 0 saturated heterocycles. The van der Waals surface area contributed by atoms with Gasteiger partial charge in [-0.05, 0) is 68.1 Å². The number of carbonyl (C=O) groups excluding carboxylic acids is 2. The van der Waals surface area contributed by atoms with E-state index in [4.69, 9.17) is 23.2 Å². The number of rotatable bonds is 11. The van der Waals surface area contributed by atoms with E-state index in [0.717, 1.165) is 34.5 Å². The molecule has 192 valence electrons. The van der Waals surface area contributed by atoms with Gasteiger partial charge in [0, 0.05) is 13.1 Å². The lowest BCUT2D eigenvalue weighted by Gasteiger charge is -2.31. The monoisotopic (exact) mass is 541 g/mol. The third-order valence-electron chi connectivity index (χ3n) is 5.51. The molecule has 0 saturated carbocycles. The maximum Gasteiger partial charge on any atom is 0.244 e. The maximum atomic E-state index is 13.6. The number of benzene rings is 2. The molecule has 0 bridgehead atoms. The molecule has 7 nitrogen and oxygen atoms in total. The molecular weight excluding hydrogens is 509 g/mol. The summed E-state index contributed by atoms with van der Waals surface area (Å²) in [5.41, 5.74) is 2.81. The van der Waals surface area contributed by atoms with Gasteiger partial charge in [-0.25, -0.2) is 8.42 Å². The highest BCUT2D eigenvalue weighted by atomic mass is 35.5. The quantitative estimate of drug-likeness (QED) is 0.417. The van der Waals surface area contributed by atoms with Gasteiger partial charge in [0.1, 0.15) is 12.6 Å². The fourth-order valence-corrected chi connectivity index (χ4v) is 4.82. The third kappa shape index (κ3) is 8.40. The van der Waals surface area contributed by atoms with Crippen LogP contribution in [0.1, 0.15) is 43.4 Å². The number of aryl methyl sites for hydroxylation is 2. The van der Waals surface area contributed by atoms with Crippen LogP contribution < -0.4 is 9.62 Å². The predicted molar refractivity (Wildman–Crippen MR) is 142 cm³/mol. The van der Waals surface area contributed by atoms with E-state index < -0.39 is 28.5 Å². The van der Waals surface area contributed by atoms with E-state index >= 15 is 0 Å². The summed E-state index contributed by atoms with van der Waals surface area (Å²) in [6, 6.07) is 9.47. The van der Waals surface area contributed by atoms with Crippen molar-refractivity contribution >= 4 is 50.7 Å². The molecule has 0 heterocycles. The first-order valence-electron chi connectivity index (χ1n) is 11.4. The van der Waals surface area contributed by atoms with Gasteiger partial charge in [-0.3, -0.25) is 13.9 Å². The highest BCUT2D eigenvalue weighted by Gasteiger charge is 2.30. The number of unbranched alkanes of at least 4 members (excludes halogenated alkanes) is 1. The molecule has 35 heavy (non-hydrogen) atoms. The molecular formula is C25H33Cl2N3O4S. The molecule has 0 unspecified atom stereocenters. The number of hydrogen-bond acceptors (Lipinski definition) is 4. The van der Waals surface area contributed by atoms with Crippen LogP contribution in [-0.2, 0) is 26.2 Å². The zero-order valence-electron chi connectivity index (χ0n) is 20.8. The van der Waals surface area contributed by atoms with Gasteiger partial charge >= 0.3 is 0 Å². The lowest BCUT2D eigenvalue weighted by atomic mass is 10.1. The van der Waals surface area contributed by atoms with Crippen LogP contribution in [-0.4, -0.2) is 50.5 Å². The van der Waals surface area contributed by atoms with Crippen LogP contribution in [0.2, 0.25) is 10.0 Å². The van der Waals surface area contributed by atoms with Gasteiger partial charge in [-0.15, -0.1) is 0 Å². The smallest absolute Gasteiger partial charge is 0.244 e. The summed E-state index contributed by atoms with van der Waals surface area (Å²) in [5, 5.41) is 3.54. The molecule has 2 aromatic carbocycles. The summed E-state index contributed by atoms with van der Waals surface area (Å²) in [6.07, 6.45) is 2.79. The van der Waals surface area contributed by atoms with Crippen molar-refractivity contribution in [3.05, 3.63) is 63.1 Å². The standard InChI is InChI=1S/C25H33Cl2N3O4S/c1-6-7-10-28-25(32)19(4)29(15-20-8-9-22(26)23(27)14-20)24(31)16-30(35(5,33)34)21-12-17(2)11-18(3)13-21/h8-9,11-14,19H,6-7,10,15-16H2,1-5H3,(H,28,32)/t19-/m0/s1. The molecule has 2 rings (SSSR count). The lowest BCUT2D eigenvalue weighted by molar-refractivity contribution is -0.139. The van der Waals surface area contributed by atoms with Crippen molar-refractivity contribution in [3.8, 4) is 0 Å². The van der Waals surface area contributed by atoms with E-state index in [-0.39, 0.29) is 12.5 Å². The highest BCUT2D eigenvalue weighted by molar-refractivity contribution is 7.92. The molecule has 0 aliphatic carbocycles. The lowest BCUT2D eigenvalue weighted by Crippen LogP contribution is -2.51. The molecule has 10 heteroatoms. The molecule has 0 aromatic heterocycles. The van der Waals surface area contributed by atoms with Crippen LogP contribution in [0.15, 0.2) is 36.4 Å². The molecule has 0 spiro atoms. The number of nitrogens with zero attached hydrogens (tertiary/aromatic N) is 2. The van der Waals surface area contributed by atoms with Crippen LogP contribution in [0, 0.1) is 13.8 Å². The molecule has 1 N–H and O–H groups in total.